The van der Waals surface area contributed by atoms with Crippen molar-refractivity contribution in [2.45, 2.75) is 13.3 Å². The van der Waals surface area contributed by atoms with Crippen LogP contribution in [0.2, 0.25) is 0 Å². The van der Waals surface area contributed by atoms with Gasteiger partial charge in [0.2, 0.25) is 0 Å². The molecule has 0 bridgehead atoms. The highest BCUT2D eigenvalue weighted by atomic mass is 28.4. The molecule has 0 heterocycles. The Bertz CT molecular complexity index is 105. The average Bonchev–Trinajstić information content (AvgIpc) is 1.62. The fourth-order valence-electron chi connectivity index (χ4n) is 0.225. The van der Waals surface area contributed by atoms with Gasteiger partial charge in [-0.15, -0.1) is 0 Å². The summed E-state index contributed by atoms with van der Waals surface area (Å²) in [4.78, 5) is 34.5. The van der Waals surface area contributed by atoms with Crippen LogP contribution in [0.1, 0.15) is 13.3 Å². The van der Waals surface area contributed by atoms with Crippen LogP contribution in [0.3, 0.4) is 0 Å². The van der Waals surface area contributed by atoms with Crippen molar-refractivity contribution in [3.8, 4) is 0 Å². The molecule has 0 rings (SSSR count). The molecule has 0 aromatic carbocycles. The van der Waals surface area contributed by atoms with Gasteiger partial charge in [0.25, 0.3) is 5.97 Å². The molecule has 0 aromatic rings. The van der Waals surface area contributed by atoms with Gasteiger partial charge in [-0.2, -0.15) is 0 Å². The van der Waals surface area contributed by atoms with Crippen molar-refractivity contribution in [1.82, 2.24) is 0 Å². The molecule has 0 spiro atoms. The van der Waals surface area contributed by atoms with Gasteiger partial charge < -0.3 is 18.8 Å². The molecule has 6 heteroatoms. The molecular weight excluding hydrogens is 144 g/mol. The molecule has 0 amide bonds. The molecule has 0 saturated carbocycles. The third-order valence-electron chi connectivity index (χ3n) is 0.539. The molecule has 0 fully saturated rings. The summed E-state index contributed by atoms with van der Waals surface area (Å²) in [6.07, 6.45) is 0.0103. The molecule has 9 heavy (non-hydrogen) atoms. The fourth-order valence-corrected chi connectivity index (χ4v) is 0.675. The van der Waals surface area contributed by atoms with Crippen molar-refractivity contribution >= 4 is 15.0 Å². The van der Waals surface area contributed by atoms with E-state index in [0.717, 1.165) is 0 Å². The SMILES string of the molecule is CCC(=O)O[Si](O)(O)O. The van der Waals surface area contributed by atoms with Crippen LogP contribution >= 0.6 is 0 Å². The van der Waals surface area contributed by atoms with Gasteiger partial charge in [0, 0.05) is 6.42 Å². The smallest absolute Gasteiger partial charge is 0.452 e. The maximum absolute atomic E-state index is 10.2. The Kier molecular flexibility index (Phi) is 2.78. The van der Waals surface area contributed by atoms with E-state index in [1.165, 1.54) is 6.92 Å². The lowest BCUT2D eigenvalue weighted by molar-refractivity contribution is -0.140. The molecule has 54 valence electrons. The molecule has 0 saturated heterocycles. The first-order chi connectivity index (χ1) is 3.95. The summed E-state index contributed by atoms with van der Waals surface area (Å²) in [5, 5.41) is 0. The standard InChI is InChI=1S/C3H8O5Si/c1-2-3(4)8-9(5,6)7/h5-7H,2H2,1H3. The molecule has 3 N–H and O–H groups in total. The van der Waals surface area contributed by atoms with Gasteiger partial charge in [0.05, 0.1) is 0 Å². The predicted molar refractivity (Wildman–Crippen MR) is 28.8 cm³/mol. The second-order valence-corrected chi connectivity index (χ2v) is 2.75. The highest BCUT2D eigenvalue weighted by Crippen LogP contribution is 1.91. The molecule has 0 aliphatic carbocycles. The topological polar surface area (TPSA) is 87.0 Å². The van der Waals surface area contributed by atoms with Crippen LogP contribution in [0.25, 0.3) is 0 Å². The normalized spacial score (nSPS) is 11.1. The Morgan fingerprint density at radius 1 is 1.56 bits per heavy atom. The van der Waals surface area contributed by atoms with E-state index in [0.29, 0.717) is 0 Å². The van der Waals surface area contributed by atoms with Gasteiger partial charge in [0.1, 0.15) is 0 Å². The van der Waals surface area contributed by atoms with E-state index in [-0.39, 0.29) is 6.42 Å². The summed E-state index contributed by atoms with van der Waals surface area (Å²) >= 11 is 0. The summed E-state index contributed by atoms with van der Waals surface area (Å²) in [7, 11) is -4.59. The van der Waals surface area contributed by atoms with Crippen LogP contribution in [-0.4, -0.2) is 29.4 Å². The molecule has 0 aliphatic rings. The van der Waals surface area contributed by atoms with Crippen molar-refractivity contribution in [2.75, 3.05) is 0 Å². The summed E-state index contributed by atoms with van der Waals surface area (Å²) in [5.41, 5.74) is 0. The quantitative estimate of drug-likeness (QED) is 0.413. The molecule has 0 aromatic heterocycles. The van der Waals surface area contributed by atoms with Crippen molar-refractivity contribution in [2.24, 2.45) is 0 Å². The predicted octanol–water partition coefficient (Wildman–Crippen LogP) is -1.65. The molecule has 0 unspecified atom stereocenters. The molecular formula is C3H8O5Si. The van der Waals surface area contributed by atoms with Gasteiger partial charge in [-0.1, -0.05) is 6.92 Å². The number of carbonyl (C=O) groups excluding carboxylic acids is 1. The highest BCUT2D eigenvalue weighted by Gasteiger charge is 2.35. The lowest BCUT2D eigenvalue weighted by Gasteiger charge is -2.07. The molecule has 0 aliphatic heterocycles. The van der Waals surface area contributed by atoms with Crippen LogP contribution in [0.4, 0.5) is 0 Å². The van der Waals surface area contributed by atoms with Crippen molar-refractivity contribution in [3.05, 3.63) is 0 Å². The average molecular weight is 152 g/mol. The largest absolute Gasteiger partial charge is 0.743 e. The van der Waals surface area contributed by atoms with Crippen molar-refractivity contribution in [3.63, 3.8) is 0 Å². The molecule has 5 nitrogen and oxygen atoms in total. The van der Waals surface area contributed by atoms with Gasteiger partial charge >= 0.3 is 9.05 Å². The van der Waals surface area contributed by atoms with Gasteiger partial charge in [-0.3, -0.25) is 4.79 Å². The Labute approximate surface area is 53.0 Å². The van der Waals surface area contributed by atoms with E-state index in [4.69, 9.17) is 14.4 Å². The fraction of sp³-hybridized carbons (Fsp3) is 0.667. The minimum Gasteiger partial charge on any atom is -0.452 e. The first-order valence-electron chi connectivity index (χ1n) is 2.34. The Morgan fingerprint density at radius 2 is 2.00 bits per heavy atom. The van der Waals surface area contributed by atoms with E-state index in [1.54, 1.807) is 0 Å². The Morgan fingerprint density at radius 3 is 2.11 bits per heavy atom. The van der Waals surface area contributed by atoms with Gasteiger partial charge in [0.15, 0.2) is 0 Å². The second-order valence-electron chi connectivity index (χ2n) is 1.40. The van der Waals surface area contributed by atoms with Crippen LogP contribution < -0.4 is 0 Å². The van der Waals surface area contributed by atoms with Crippen molar-refractivity contribution < 1.29 is 23.6 Å². The number of hydrogen-bond donors (Lipinski definition) is 3. The lowest BCUT2D eigenvalue weighted by Crippen LogP contribution is -2.40. The van der Waals surface area contributed by atoms with Crippen LogP contribution in [0, 0.1) is 0 Å². The van der Waals surface area contributed by atoms with E-state index in [9.17, 15) is 4.79 Å². The summed E-state index contributed by atoms with van der Waals surface area (Å²) in [5.74, 6) is -0.825. The number of carbonyl (C=O) groups is 1. The maximum atomic E-state index is 10.2. The monoisotopic (exact) mass is 152 g/mol. The Balaban J connectivity index is 3.60. The number of rotatable bonds is 2. The minimum absolute atomic E-state index is 0.0103. The second kappa shape index (κ2) is 2.92. The zero-order valence-corrected chi connectivity index (χ0v) is 5.87. The highest BCUT2D eigenvalue weighted by molar-refractivity contribution is 6.50. The third kappa shape index (κ3) is 5.44. The number of hydrogen-bond acceptors (Lipinski definition) is 5. The zero-order valence-electron chi connectivity index (χ0n) is 4.87. The zero-order chi connectivity index (χ0) is 7.49. The third-order valence-corrected chi connectivity index (χ3v) is 1.04. The molecule has 0 radical (unpaired) electrons. The van der Waals surface area contributed by atoms with Crippen LogP contribution in [-0.2, 0) is 9.22 Å². The van der Waals surface area contributed by atoms with E-state index in [1.807, 2.05) is 0 Å². The van der Waals surface area contributed by atoms with Crippen LogP contribution in [0.15, 0.2) is 0 Å². The van der Waals surface area contributed by atoms with Crippen LogP contribution in [0.5, 0.6) is 0 Å². The summed E-state index contributed by atoms with van der Waals surface area (Å²) < 4.78 is 3.75. The first kappa shape index (κ1) is 8.57. The van der Waals surface area contributed by atoms with Gasteiger partial charge in [-0.25, -0.2) is 0 Å². The Hall–Kier alpha value is -0.433. The minimum atomic E-state index is -4.59. The summed E-state index contributed by atoms with van der Waals surface area (Å²) in [6, 6.07) is 0. The van der Waals surface area contributed by atoms with Gasteiger partial charge in [-0.05, 0) is 0 Å². The molecule has 0 atom stereocenters. The summed E-state index contributed by atoms with van der Waals surface area (Å²) in [6.45, 7) is 1.47. The maximum Gasteiger partial charge on any atom is 0.743 e. The lowest BCUT2D eigenvalue weighted by atomic mass is 10.5. The van der Waals surface area contributed by atoms with E-state index >= 15 is 0 Å². The van der Waals surface area contributed by atoms with Crippen molar-refractivity contribution in [1.29, 1.82) is 0 Å². The van der Waals surface area contributed by atoms with E-state index < -0.39 is 15.0 Å². The first-order valence-corrected chi connectivity index (χ1v) is 4.09. The van der Waals surface area contributed by atoms with E-state index in [2.05, 4.69) is 4.43 Å².